The van der Waals surface area contributed by atoms with Crippen LogP contribution >= 0.6 is 0 Å². The smallest absolute Gasteiger partial charge is 0.449 e. The van der Waals surface area contributed by atoms with Crippen molar-refractivity contribution in [3.05, 3.63) is 57.4 Å². The molecule has 0 unspecified atom stereocenters. The second-order valence-electron chi connectivity index (χ2n) is 9.03. The first-order valence-corrected chi connectivity index (χ1v) is 13.0. The molecule has 1 saturated carbocycles. The molecule has 0 saturated heterocycles. The molecule has 5 rings (SSSR count). The third-order valence-corrected chi connectivity index (χ3v) is 7.16. The number of hydrogen-bond acceptors (Lipinski definition) is 7. The fraction of sp³-hybridized carbons (Fsp3) is 0.333. The lowest BCUT2D eigenvalue weighted by molar-refractivity contribution is -0.0486. The van der Waals surface area contributed by atoms with Crippen molar-refractivity contribution in [2.24, 2.45) is 0 Å². The fourth-order valence-corrected chi connectivity index (χ4v) is 5.50. The highest BCUT2D eigenvalue weighted by Gasteiger charge is 2.35. The lowest BCUT2D eigenvalue weighted by Crippen LogP contribution is -2.23. The molecule has 0 bridgehead atoms. The molecule has 1 fully saturated rings. The van der Waals surface area contributed by atoms with Crippen LogP contribution in [0.15, 0.2) is 35.1 Å². The number of fused-ring (bicyclic) bond motifs is 2. The van der Waals surface area contributed by atoms with Crippen molar-refractivity contribution in [3.63, 3.8) is 0 Å². The highest BCUT2D eigenvalue weighted by atomic mass is 32.2. The molecule has 5 N–H and O–H groups in total. The van der Waals surface area contributed by atoms with E-state index in [2.05, 4.69) is 10.1 Å². The monoisotopic (exact) mass is 554 g/mol. The quantitative estimate of drug-likeness (QED) is 0.292. The first-order chi connectivity index (χ1) is 17.4. The van der Waals surface area contributed by atoms with Crippen LogP contribution in [0.1, 0.15) is 48.7 Å². The van der Waals surface area contributed by atoms with E-state index in [9.17, 15) is 36.4 Å². The number of halogens is 2. The maximum atomic E-state index is 13.7. The Bertz CT molecular complexity index is 1600. The maximum absolute atomic E-state index is 13.7. The van der Waals surface area contributed by atoms with Crippen molar-refractivity contribution in [1.82, 2.24) is 9.88 Å². The zero-order valence-electron chi connectivity index (χ0n) is 19.9. The van der Waals surface area contributed by atoms with Crippen LogP contribution in [0.3, 0.4) is 0 Å². The molecule has 14 heteroatoms. The van der Waals surface area contributed by atoms with Crippen LogP contribution in [-0.2, 0) is 22.4 Å². The first-order valence-electron chi connectivity index (χ1n) is 11.4. The van der Waals surface area contributed by atoms with E-state index in [1.165, 1.54) is 16.7 Å². The topological polar surface area (TPSA) is 176 Å². The molecule has 204 valence electrons. The highest BCUT2D eigenvalue weighted by Crippen LogP contribution is 2.46. The van der Waals surface area contributed by atoms with Gasteiger partial charge in [-0.05, 0) is 54.7 Å². The summed E-state index contributed by atoms with van der Waals surface area (Å²) >= 11 is 0. The van der Waals surface area contributed by atoms with Gasteiger partial charge in [0.1, 0.15) is 5.75 Å². The number of nitrogens with one attached hydrogen (secondary N) is 1. The molecule has 38 heavy (non-hydrogen) atoms. The molecule has 2 aromatic carbocycles. The third-order valence-electron chi connectivity index (χ3n) is 6.52. The van der Waals surface area contributed by atoms with Gasteiger partial charge in [-0.25, -0.2) is 4.79 Å². The zero-order valence-corrected chi connectivity index (χ0v) is 20.7. The van der Waals surface area contributed by atoms with E-state index in [0.717, 1.165) is 11.1 Å². The number of carbonyl (C=O) groups is 1. The summed E-state index contributed by atoms with van der Waals surface area (Å²) in [7, 11) is -4.79. The van der Waals surface area contributed by atoms with Gasteiger partial charge in [-0.1, -0.05) is 12.1 Å². The first kappa shape index (κ1) is 27.4. The van der Waals surface area contributed by atoms with Gasteiger partial charge in [0.2, 0.25) is 11.2 Å². The number of carboxylic acid groups (broad SMARTS) is 1. The van der Waals surface area contributed by atoms with Gasteiger partial charge in [0, 0.05) is 24.2 Å². The van der Waals surface area contributed by atoms with Gasteiger partial charge >= 0.3 is 12.8 Å². The second kappa shape index (κ2) is 9.94. The van der Waals surface area contributed by atoms with E-state index in [1.54, 1.807) is 6.07 Å². The van der Waals surface area contributed by atoms with E-state index < -0.39 is 51.6 Å². The van der Waals surface area contributed by atoms with Crippen LogP contribution < -0.4 is 20.2 Å². The average Bonchev–Trinajstić information content (AvgIpc) is 3.57. The molecule has 0 amide bonds. The van der Waals surface area contributed by atoms with E-state index >= 15 is 0 Å². The molecule has 0 spiro atoms. The van der Waals surface area contributed by atoms with Crippen molar-refractivity contribution >= 4 is 27.2 Å². The molecule has 0 radical (unpaired) electrons. The number of aromatic nitrogens is 1. The Labute approximate surface area is 214 Å². The number of pyridine rings is 1. The molecule has 1 atom stereocenters. The Kier molecular flexibility index (Phi) is 7.18. The Balaban J connectivity index is 0.00000336. The fourth-order valence-electron chi connectivity index (χ4n) is 4.88. The SMILES string of the molecule is C[C@H]1NCc2cc(-c3ccc4c(=O)c(OC(=O)O)c(CS(=O)(=O)O)n(C5CC5)c4c3OC(F)F)ccc21.O. The molecule has 1 aliphatic carbocycles. The lowest BCUT2D eigenvalue weighted by atomic mass is 9.96. The van der Waals surface area contributed by atoms with Gasteiger partial charge in [-0.3, -0.25) is 9.35 Å². The van der Waals surface area contributed by atoms with Gasteiger partial charge in [-0.2, -0.15) is 17.2 Å². The Morgan fingerprint density at radius 2 is 1.92 bits per heavy atom. The Morgan fingerprint density at radius 3 is 2.53 bits per heavy atom. The van der Waals surface area contributed by atoms with Crippen molar-refractivity contribution in [1.29, 1.82) is 0 Å². The standard InChI is InChI=1S/C24H22F2N2O8S.H2O/c1-11-15-5-2-12(8-13(15)9-27-11)16-6-7-17-19(21(16)35-23(25)26)28(14-3-4-14)18(10-37(32,33)34)22(20(17)29)36-24(30)31;/h2,5-8,11,14,23,27H,3-4,9-10H2,1H3,(H,30,31)(H,32,33,34);1H2/t11-;/m1./s1. The predicted octanol–water partition coefficient (Wildman–Crippen LogP) is 3.39. The number of benzene rings is 2. The molecule has 3 aromatic rings. The van der Waals surface area contributed by atoms with E-state index in [4.69, 9.17) is 4.74 Å². The number of nitrogens with zero attached hydrogens (tertiary/aromatic N) is 1. The van der Waals surface area contributed by atoms with Gasteiger partial charge in [0.05, 0.1) is 16.6 Å². The van der Waals surface area contributed by atoms with Crippen LogP contribution in [0.4, 0.5) is 13.6 Å². The van der Waals surface area contributed by atoms with Crippen molar-refractivity contribution in [2.75, 3.05) is 0 Å². The predicted molar refractivity (Wildman–Crippen MR) is 131 cm³/mol. The largest absolute Gasteiger partial charge is 0.511 e. The summed E-state index contributed by atoms with van der Waals surface area (Å²) in [5.74, 6) is -2.36. The number of rotatable bonds is 7. The van der Waals surface area contributed by atoms with Gasteiger partial charge in [0.15, 0.2) is 5.75 Å². The Morgan fingerprint density at radius 1 is 1.21 bits per heavy atom. The van der Waals surface area contributed by atoms with Crippen LogP contribution in [-0.4, -0.2) is 40.9 Å². The summed E-state index contributed by atoms with van der Waals surface area (Å²) in [5, 5.41) is 12.3. The summed E-state index contributed by atoms with van der Waals surface area (Å²) in [5.41, 5.74) is 1.15. The Hall–Kier alpha value is -3.59. The summed E-state index contributed by atoms with van der Waals surface area (Å²) in [6, 6.07) is 7.84. The zero-order chi connectivity index (χ0) is 26.6. The molecule has 2 aliphatic rings. The van der Waals surface area contributed by atoms with Crippen LogP contribution in [0, 0.1) is 0 Å². The average molecular weight is 555 g/mol. The summed E-state index contributed by atoms with van der Waals surface area (Å²) < 4.78 is 71.6. The molecule has 1 aromatic heterocycles. The minimum absolute atomic E-state index is 0. The molecule has 2 heterocycles. The summed E-state index contributed by atoms with van der Waals surface area (Å²) in [4.78, 5) is 24.6. The van der Waals surface area contributed by atoms with Crippen molar-refractivity contribution in [2.45, 2.75) is 50.8 Å². The number of alkyl halides is 2. The highest BCUT2D eigenvalue weighted by molar-refractivity contribution is 7.85. The summed E-state index contributed by atoms with van der Waals surface area (Å²) in [6.45, 7) is -0.720. The van der Waals surface area contributed by atoms with E-state index in [0.29, 0.717) is 24.9 Å². The number of hydrogen-bond donors (Lipinski definition) is 3. The molecule has 11 nitrogen and oxygen atoms in total. The molecular formula is C24H24F2N2O9S. The van der Waals surface area contributed by atoms with Gasteiger partial charge < -0.3 is 29.9 Å². The van der Waals surface area contributed by atoms with Crippen LogP contribution in [0.2, 0.25) is 0 Å². The van der Waals surface area contributed by atoms with Gasteiger partial charge in [-0.15, -0.1) is 0 Å². The molecule has 1 aliphatic heterocycles. The van der Waals surface area contributed by atoms with Gasteiger partial charge in [0.25, 0.3) is 10.1 Å². The van der Waals surface area contributed by atoms with Crippen molar-refractivity contribution in [3.8, 4) is 22.6 Å². The second-order valence-corrected chi connectivity index (χ2v) is 10.5. The minimum Gasteiger partial charge on any atom is -0.449 e. The normalized spacial score (nSPS) is 16.8. The van der Waals surface area contributed by atoms with E-state index in [1.807, 2.05) is 19.1 Å². The summed E-state index contributed by atoms with van der Waals surface area (Å²) in [6.07, 6.45) is -0.898. The minimum atomic E-state index is -4.79. The molecular weight excluding hydrogens is 530 g/mol. The lowest BCUT2D eigenvalue weighted by Gasteiger charge is -2.22. The van der Waals surface area contributed by atoms with Crippen molar-refractivity contribution < 1.29 is 46.6 Å². The van der Waals surface area contributed by atoms with E-state index in [-0.39, 0.29) is 33.7 Å². The van der Waals surface area contributed by atoms with Crippen LogP contribution in [0.5, 0.6) is 11.5 Å². The third kappa shape index (κ3) is 5.07. The maximum Gasteiger partial charge on any atom is 0.511 e. The van der Waals surface area contributed by atoms with Crippen LogP contribution in [0.25, 0.3) is 22.0 Å². The number of ether oxygens (including phenoxy) is 2.